The van der Waals surface area contributed by atoms with Gasteiger partial charge in [-0.15, -0.1) is 0 Å². The minimum atomic E-state index is -0.372. The number of carbonyl (C=O) groups excluding carboxylic acids is 2. The van der Waals surface area contributed by atoms with Gasteiger partial charge in [-0.3, -0.25) is 14.5 Å². The lowest BCUT2D eigenvalue weighted by Gasteiger charge is -2.38. The zero-order chi connectivity index (χ0) is 15.2. The molecule has 1 amide bonds. The number of esters is 1. The Morgan fingerprint density at radius 3 is 2.76 bits per heavy atom. The van der Waals surface area contributed by atoms with Crippen LogP contribution in [0.25, 0.3) is 0 Å². The summed E-state index contributed by atoms with van der Waals surface area (Å²) in [5.74, 6) is -0.219. The van der Waals surface area contributed by atoms with Gasteiger partial charge in [-0.2, -0.15) is 0 Å². The predicted molar refractivity (Wildman–Crippen MR) is 79.9 cm³/mol. The van der Waals surface area contributed by atoms with Gasteiger partial charge < -0.3 is 15.4 Å². The van der Waals surface area contributed by atoms with E-state index < -0.39 is 0 Å². The molecule has 0 aromatic heterocycles. The second-order valence-electron chi connectivity index (χ2n) is 5.88. The molecule has 2 aliphatic rings. The first-order chi connectivity index (χ1) is 10.1. The summed E-state index contributed by atoms with van der Waals surface area (Å²) in [5, 5.41) is 6.31. The Labute approximate surface area is 126 Å². The van der Waals surface area contributed by atoms with Crippen molar-refractivity contribution in [1.82, 2.24) is 15.5 Å². The van der Waals surface area contributed by atoms with E-state index in [1.54, 1.807) is 6.92 Å². The van der Waals surface area contributed by atoms with Crippen LogP contribution in [0.5, 0.6) is 0 Å². The summed E-state index contributed by atoms with van der Waals surface area (Å²) in [6.45, 7) is 6.06. The third kappa shape index (κ3) is 4.17. The molecule has 2 rings (SSSR count). The lowest BCUT2D eigenvalue weighted by Crippen LogP contribution is -2.61. The summed E-state index contributed by atoms with van der Waals surface area (Å²) in [6.07, 6.45) is 4.53. The molecular formula is C15H27N3O3. The first-order valence-corrected chi connectivity index (χ1v) is 8.07. The molecular weight excluding hydrogens is 270 g/mol. The van der Waals surface area contributed by atoms with Crippen LogP contribution in [0.15, 0.2) is 0 Å². The molecule has 0 spiro atoms. The van der Waals surface area contributed by atoms with Crippen molar-refractivity contribution in [3.63, 3.8) is 0 Å². The van der Waals surface area contributed by atoms with E-state index in [2.05, 4.69) is 10.6 Å². The lowest BCUT2D eigenvalue weighted by atomic mass is 10.1. The van der Waals surface area contributed by atoms with E-state index in [9.17, 15) is 9.59 Å². The molecule has 1 saturated heterocycles. The number of rotatable bonds is 5. The van der Waals surface area contributed by atoms with E-state index in [0.29, 0.717) is 25.7 Å². The van der Waals surface area contributed by atoms with Crippen LogP contribution < -0.4 is 10.6 Å². The van der Waals surface area contributed by atoms with Gasteiger partial charge in [0, 0.05) is 25.7 Å². The standard InChI is InChI=1S/C15H27N3O3/c1-3-21-15(20)13-10-16-8-9-18(13)11(2)14(19)17-12-6-4-5-7-12/h11-13,16H,3-10H2,1-2H3,(H,17,19). The van der Waals surface area contributed by atoms with E-state index in [0.717, 1.165) is 19.4 Å². The molecule has 2 unspecified atom stereocenters. The summed E-state index contributed by atoms with van der Waals surface area (Å²) >= 11 is 0. The molecule has 21 heavy (non-hydrogen) atoms. The molecule has 2 fully saturated rings. The van der Waals surface area contributed by atoms with Crippen molar-refractivity contribution >= 4 is 11.9 Å². The zero-order valence-electron chi connectivity index (χ0n) is 13.1. The molecule has 1 aliphatic heterocycles. The topological polar surface area (TPSA) is 70.7 Å². The van der Waals surface area contributed by atoms with Crippen molar-refractivity contribution in [3.8, 4) is 0 Å². The zero-order valence-corrected chi connectivity index (χ0v) is 13.1. The Morgan fingerprint density at radius 1 is 1.38 bits per heavy atom. The van der Waals surface area contributed by atoms with Gasteiger partial charge >= 0.3 is 5.97 Å². The first-order valence-electron chi connectivity index (χ1n) is 8.07. The summed E-state index contributed by atoms with van der Waals surface area (Å²) in [4.78, 5) is 26.4. The highest BCUT2D eigenvalue weighted by Crippen LogP contribution is 2.18. The molecule has 0 radical (unpaired) electrons. The van der Waals surface area contributed by atoms with Crippen molar-refractivity contribution in [2.45, 2.75) is 57.7 Å². The SMILES string of the molecule is CCOC(=O)C1CNCCN1C(C)C(=O)NC1CCCC1. The Morgan fingerprint density at radius 2 is 2.10 bits per heavy atom. The number of hydrogen-bond acceptors (Lipinski definition) is 5. The smallest absolute Gasteiger partial charge is 0.324 e. The number of nitrogens with one attached hydrogen (secondary N) is 2. The summed E-state index contributed by atoms with van der Waals surface area (Å²) in [6, 6.07) is -0.367. The molecule has 1 saturated carbocycles. The fourth-order valence-electron chi connectivity index (χ4n) is 3.18. The number of amides is 1. The Bertz CT molecular complexity index is 369. The van der Waals surface area contributed by atoms with E-state index in [4.69, 9.17) is 4.74 Å². The van der Waals surface area contributed by atoms with E-state index in [-0.39, 0.29) is 24.0 Å². The van der Waals surface area contributed by atoms with Crippen LogP contribution in [-0.2, 0) is 14.3 Å². The van der Waals surface area contributed by atoms with Crippen molar-refractivity contribution in [2.75, 3.05) is 26.2 Å². The normalized spacial score (nSPS) is 25.5. The fourth-order valence-corrected chi connectivity index (χ4v) is 3.18. The monoisotopic (exact) mass is 297 g/mol. The quantitative estimate of drug-likeness (QED) is 0.713. The van der Waals surface area contributed by atoms with Crippen LogP contribution in [0.2, 0.25) is 0 Å². The van der Waals surface area contributed by atoms with Gasteiger partial charge in [-0.05, 0) is 26.7 Å². The summed E-state index contributed by atoms with van der Waals surface area (Å²) in [7, 11) is 0. The third-order valence-electron chi connectivity index (χ3n) is 4.42. The van der Waals surface area contributed by atoms with Crippen LogP contribution in [0.3, 0.4) is 0 Å². The third-order valence-corrected chi connectivity index (χ3v) is 4.42. The number of carbonyl (C=O) groups is 2. The second-order valence-corrected chi connectivity index (χ2v) is 5.88. The van der Waals surface area contributed by atoms with Crippen molar-refractivity contribution in [3.05, 3.63) is 0 Å². The molecule has 1 aliphatic carbocycles. The molecule has 6 heteroatoms. The van der Waals surface area contributed by atoms with Gasteiger partial charge in [-0.1, -0.05) is 12.8 Å². The molecule has 6 nitrogen and oxygen atoms in total. The molecule has 0 aromatic rings. The van der Waals surface area contributed by atoms with Crippen LogP contribution in [0, 0.1) is 0 Å². The first kappa shape index (κ1) is 16.2. The van der Waals surface area contributed by atoms with Gasteiger partial charge in [0.1, 0.15) is 6.04 Å². The molecule has 2 N–H and O–H groups in total. The molecule has 120 valence electrons. The average molecular weight is 297 g/mol. The fraction of sp³-hybridized carbons (Fsp3) is 0.867. The number of hydrogen-bond donors (Lipinski definition) is 2. The van der Waals surface area contributed by atoms with E-state index in [1.807, 2.05) is 11.8 Å². The van der Waals surface area contributed by atoms with Crippen LogP contribution in [0.4, 0.5) is 0 Å². The Hall–Kier alpha value is -1.14. The van der Waals surface area contributed by atoms with Crippen molar-refractivity contribution < 1.29 is 14.3 Å². The maximum Gasteiger partial charge on any atom is 0.324 e. The largest absolute Gasteiger partial charge is 0.465 e. The molecule has 2 atom stereocenters. The predicted octanol–water partition coefficient (Wildman–Crippen LogP) is 0.271. The summed E-state index contributed by atoms with van der Waals surface area (Å²) in [5.41, 5.74) is 0. The number of nitrogens with zero attached hydrogens (tertiary/aromatic N) is 1. The van der Waals surface area contributed by atoms with Gasteiger partial charge in [0.2, 0.25) is 5.91 Å². The Kier molecular flexibility index (Phi) is 5.99. The minimum Gasteiger partial charge on any atom is -0.465 e. The van der Waals surface area contributed by atoms with Gasteiger partial charge in [0.15, 0.2) is 0 Å². The molecule has 0 bridgehead atoms. The second kappa shape index (κ2) is 7.75. The highest BCUT2D eigenvalue weighted by atomic mass is 16.5. The highest BCUT2D eigenvalue weighted by molar-refractivity contribution is 5.83. The Balaban J connectivity index is 1.94. The van der Waals surface area contributed by atoms with Crippen LogP contribution in [-0.4, -0.2) is 61.1 Å². The summed E-state index contributed by atoms with van der Waals surface area (Å²) < 4.78 is 5.12. The maximum atomic E-state index is 12.4. The van der Waals surface area contributed by atoms with Crippen molar-refractivity contribution in [2.24, 2.45) is 0 Å². The molecule has 0 aromatic carbocycles. The van der Waals surface area contributed by atoms with Crippen molar-refractivity contribution in [1.29, 1.82) is 0 Å². The lowest BCUT2D eigenvalue weighted by molar-refractivity contribution is -0.152. The highest BCUT2D eigenvalue weighted by Gasteiger charge is 2.36. The number of ether oxygens (including phenoxy) is 1. The van der Waals surface area contributed by atoms with Crippen LogP contribution in [0.1, 0.15) is 39.5 Å². The minimum absolute atomic E-state index is 0.0260. The van der Waals surface area contributed by atoms with Gasteiger partial charge in [-0.25, -0.2) is 0 Å². The van der Waals surface area contributed by atoms with Crippen LogP contribution >= 0.6 is 0 Å². The molecule has 1 heterocycles. The van der Waals surface area contributed by atoms with Gasteiger partial charge in [0.25, 0.3) is 0 Å². The number of piperazine rings is 1. The van der Waals surface area contributed by atoms with E-state index in [1.165, 1.54) is 12.8 Å². The maximum absolute atomic E-state index is 12.4. The van der Waals surface area contributed by atoms with E-state index >= 15 is 0 Å². The average Bonchev–Trinajstić information content (AvgIpc) is 2.99. The van der Waals surface area contributed by atoms with Gasteiger partial charge in [0.05, 0.1) is 12.6 Å².